The molecule has 0 aliphatic heterocycles. The Kier molecular flexibility index (Phi) is 7.71. The summed E-state index contributed by atoms with van der Waals surface area (Å²) in [5.74, 6) is 0.353. The Labute approximate surface area is 195 Å². The Morgan fingerprint density at radius 2 is 1.82 bits per heavy atom. The summed E-state index contributed by atoms with van der Waals surface area (Å²) < 4.78 is 25.4. The van der Waals surface area contributed by atoms with E-state index >= 15 is 0 Å². The molecule has 0 saturated carbocycles. The van der Waals surface area contributed by atoms with E-state index in [4.69, 9.17) is 4.98 Å². The normalized spacial score (nSPS) is 11.8. The van der Waals surface area contributed by atoms with E-state index < -0.39 is 16.1 Å². The Bertz CT molecular complexity index is 1250. The van der Waals surface area contributed by atoms with Crippen molar-refractivity contribution in [3.63, 3.8) is 0 Å². The molecule has 0 unspecified atom stereocenters. The third-order valence-electron chi connectivity index (χ3n) is 5.37. The molecule has 0 bridgehead atoms. The van der Waals surface area contributed by atoms with Crippen LogP contribution >= 0.6 is 0 Å². The fourth-order valence-corrected chi connectivity index (χ4v) is 4.37. The number of hydrogen-bond acceptors (Lipinski definition) is 4. The van der Waals surface area contributed by atoms with Crippen molar-refractivity contribution in [1.82, 2.24) is 15.0 Å². The average Bonchev–Trinajstić information content (AvgIpc) is 2.71. The van der Waals surface area contributed by atoms with Crippen molar-refractivity contribution in [3.8, 4) is 11.1 Å². The molecule has 0 saturated heterocycles. The lowest BCUT2D eigenvalue weighted by atomic mass is 9.90. The van der Waals surface area contributed by atoms with Crippen LogP contribution in [0.15, 0.2) is 42.5 Å². The highest BCUT2D eigenvalue weighted by Crippen LogP contribution is 2.35. The van der Waals surface area contributed by atoms with Crippen LogP contribution in [0.4, 0.5) is 4.79 Å². The van der Waals surface area contributed by atoms with Crippen LogP contribution in [0.2, 0.25) is 0 Å². The van der Waals surface area contributed by atoms with Crippen LogP contribution in [-0.2, 0) is 29.4 Å². The molecule has 1 amide bonds. The molecule has 0 atom stereocenters. The van der Waals surface area contributed by atoms with E-state index in [2.05, 4.69) is 23.9 Å². The van der Waals surface area contributed by atoms with E-state index in [1.807, 2.05) is 49.4 Å². The Balaban J connectivity index is 2.20. The summed E-state index contributed by atoms with van der Waals surface area (Å²) in [7, 11) is -3.26. The number of nitrogens with zero attached hydrogens (tertiary/aromatic N) is 1. The van der Waals surface area contributed by atoms with Crippen molar-refractivity contribution in [2.45, 2.75) is 40.2 Å². The summed E-state index contributed by atoms with van der Waals surface area (Å²) in [4.78, 5) is 16.2. The first-order valence-corrected chi connectivity index (χ1v) is 12.9. The zero-order valence-electron chi connectivity index (χ0n) is 19.5. The fourth-order valence-electron chi connectivity index (χ4n) is 3.90. The van der Waals surface area contributed by atoms with Crippen LogP contribution < -0.4 is 10.0 Å². The molecule has 1 aromatic heterocycles. The molecular formula is C25H31N3O4S. The van der Waals surface area contributed by atoms with E-state index in [0.29, 0.717) is 18.9 Å². The minimum absolute atomic E-state index is 0.156. The second kappa shape index (κ2) is 10.3. The molecule has 2 aromatic carbocycles. The van der Waals surface area contributed by atoms with Gasteiger partial charge < -0.3 is 10.4 Å². The predicted octanol–water partition coefficient (Wildman–Crippen LogP) is 4.27. The van der Waals surface area contributed by atoms with E-state index in [9.17, 15) is 18.3 Å². The third-order valence-corrected chi connectivity index (χ3v) is 6.10. The van der Waals surface area contributed by atoms with Gasteiger partial charge >= 0.3 is 6.09 Å². The number of rotatable bonds is 9. The maximum absolute atomic E-state index is 11.4. The number of amides is 1. The first kappa shape index (κ1) is 24.7. The first-order chi connectivity index (χ1) is 15.5. The summed E-state index contributed by atoms with van der Waals surface area (Å²) in [6.45, 7) is 6.71. The Morgan fingerprint density at radius 3 is 2.42 bits per heavy atom. The highest BCUT2D eigenvalue weighted by Gasteiger charge is 2.18. The van der Waals surface area contributed by atoms with Crippen molar-refractivity contribution < 1.29 is 18.3 Å². The van der Waals surface area contributed by atoms with Crippen molar-refractivity contribution >= 4 is 27.0 Å². The SMILES string of the molecule is Cc1ccc(-c2c(CNC(=O)O)c(CC(C)C)nc3ccc(CCNS(C)(=O)=O)cc23)cc1. The number of pyridine rings is 1. The second-order valence-electron chi connectivity index (χ2n) is 8.80. The van der Waals surface area contributed by atoms with Crippen LogP contribution in [0, 0.1) is 12.8 Å². The number of benzene rings is 2. The number of sulfonamides is 1. The molecule has 7 nitrogen and oxygen atoms in total. The van der Waals surface area contributed by atoms with Crippen LogP contribution in [-0.4, -0.2) is 37.4 Å². The van der Waals surface area contributed by atoms with Crippen LogP contribution in [0.5, 0.6) is 0 Å². The molecule has 0 aliphatic rings. The number of hydrogen-bond donors (Lipinski definition) is 3. The van der Waals surface area contributed by atoms with Gasteiger partial charge in [0, 0.05) is 29.7 Å². The third kappa shape index (κ3) is 6.76. The predicted molar refractivity (Wildman–Crippen MR) is 132 cm³/mol. The van der Waals surface area contributed by atoms with E-state index in [0.717, 1.165) is 57.1 Å². The molecular weight excluding hydrogens is 438 g/mol. The average molecular weight is 470 g/mol. The van der Waals surface area contributed by atoms with Gasteiger partial charge in [-0.25, -0.2) is 17.9 Å². The van der Waals surface area contributed by atoms with Gasteiger partial charge in [0.05, 0.1) is 11.8 Å². The zero-order chi connectivity index (χ0) is 24.2. The minimum atomic E-state index is -3.26. The molecule has 0 radical (unpaired) electrons. The zero-order valence-corrected chi connectivity index (χ0v) is 20.3. The molecule has 0 aliphatic carbocycles. The van der Waals surface area contributed by atoms with Crippen molar-refractivity contribution in [2.75, 3.05) is 12.8 Å². The molecule has 33 heavy (non-hydrogen) atoms. The Hall–Kier alpha value is -2.97. The second-order valence-corrected chi connectivity index (χ2v) is 10.6. The maximum atomic E-state index is 11.4. The van der Waals surface area contributed by atoms with Crippen molar-refractivity contribution in [3.05, 3.63) is 64.8 Å². The fraction of sp³-hybridized carbons (Fsp3) is 0.360. The minimum Gasteiger partial charge on any atom is -0.465 e. The summed E-state index contributed by atoms with van der Waals surface area (Å²) >= 11 is 0. The quantitative estimate of drug-likeness (QED) is 0.434. The van der Waals surface area contributed by atoms with Gasteiger partial charge in [0.15, 0.2) is 0 Å². The number of carbonyl (C=O) groups is 1. The molecule has 0 fully saturated rings. The number of aromatic nitrogens is 1. The lowest BCUT2D eigenvalue weighted by Crippen LogP contribution is -2.24. The summed E-state index contributed by atoms with van der Waals surface area (Å²) in [6.07, 6.45) is 1.32. The van der Waals surface area contributed by atoms with Gasteiger partial charge in [-0.1, -0.05) is 49.7 Å². The highest BCUT2D eigenvalue weighted by atomic mass is 32.2. The van der Waals surface area contributed by atoms with E-state index in [-0.39, 0.29) is 6.54 Å². The van der Waals surface area contributed by atoms with Gasteiger partial charge in [-0.15, -0.1) is 0 Å². The lowest BCUT2D eigenvalue weighted by molar-refractivity contribution is 0.194. The van der Waals surface area contributed by atoms with Gasteiger partial charge in [0.1, 0.15) is 0 Å². The highest BCUT2D eigenvalue weighted by molar-refractivity contribution is 7.88. The van der Waals surface area contributed by atoms with Crippen molar-refractivity contribution in [1.29, 1.82) is 0 Å². The lowest BCUT2D eigenvalue weighted by Gasteiger charge is -2.19. The summed E-state index contributed by atoms with van der Waals surface area (Å²) in [6, 6.07) is 14.1. The number of carboxylic acid groups (broad SMARTS) is 1. The smallest absolute Gasteiger partial charge is 0.404 e. The largest absolute Gasteiger partial charge is 0.465 e. The number of aryl methyl sites for hydroxylation is 1. The van der Waals surface area contributed by atoms with E-state index in [1.165, 1.54) is 0 Å². The molecule has 3 aromatic rings. The van der Waals surface area contributed by atoms with Crippen LogP contribution in [0.25, 0.3) is 22.0 Å². The molecule has 0 spiro atoms. The van der Waals surface area contributed by atoms with Gasteiger partial charge in [-0.2, -0.15) is 0 Å². The van der Waals surface area contributed by atoms with Gasteiger partial charge in [0.25, 0.3) is 0 Å². The van der Waals surface area contributed by atoms with Gasteiger partial charge in [-0.3, -0.25) is 4.98 Å². The molecule has 3 rings (SSSR count). The van der Waals surface area contributed by atoms with Crippen LogP contribution in [0.3, 0.4) is 0 Å². The topological polar surface area (TPSA) is 108 Å². The summed E-state index contributed by atoms with van der Waals surface area (Å²) in [5.41, 5.74) is 6.65. The number of nitrogens with one attached hydrogen (secondary N) is 2. The van der Waals surface area contributed by atoms with Gasteiger partial charge in [0.2, 0.25) is 10.0 Å². The molecule has 8 heteroatoms. The van der Waals surface area contributed by atoms with Gasteiger partial charge in [-0.05, 0) is 54.5 Å². The van der Waals surface area contributed by atoms with E-state index in [1.54, 1.807) is 0 Å². The Morgan fingerprint density at radius 1 is 1.12 bits per heavy atom. The van der Waals surface area contributed by atoms with Crippen molar-refractivity contribution in [2.24, 2.45) is 5.92 Å². The molecule has 1 heterocycles. The first-order valence-electron chi connectivity index (χ1n) is 11.0. The standard InChI is InChI=1S/C25H31N3O4S/c1-16(2)13-23-21(15-26-25(29)30)24(19-8-5-17(3)6-9-19)20-14-18(7-10-22(20)28-23)11-12-27-33(4,31)32/h5-10,14,16,26-27H,11-13,15H2,1-4H3,(H,29,30). The molecule has 3 N–H and O–H groups in total. The number of fused-ring (bicyclic) bond motifs is 1. The monoisotopic (exact) mass is 469 g/mol. The molecule has 176 valence electrons. The summed E-state index contributed by atoms with van der Waals surface area (Å²) in [5, 5.41) is 12.7. The maximum Gasteiger partial charge on any atom is 0.404 e. The van der Waals surface area contributed by atoms with Crippen LogP contribution in [0.1, 0.15) is 36.2 Å².